The highest BCUT2D eigenvalue weighted by Gasteiger charge is 2.28. The van der Waals surface area contributed by atoms with E-state index >= 15 is 0 Å². The van der Waals surface area contributed by atoms with Crippen LogP contribution in [0, 0.1) is 5.82 Å². The Labute approximate surface area is 105 Å². The Morgan fingerprint density at radius 1 is 1.32 bits per heavy atom. The van der Waals surface area contributed by atoms with Crippen molar-refractivity contribution < 1.29 is 38.0 Å². The summed E-state index contributed by atoms with van der Waals surface area (Å²) in [6.45, 7) is -3.25. The molecule has 8 heteroatoms. The van der Waals surface area contributed by atoms with E-state index in [1.54, 1.807) is 0 Å². The van der Waals surface area contributed by atoms with Gasteiger partial charge in [0.1, 0.15) is 17.7 Å². The van der Waals surface area contributed by atoms with Crippen LogP contribution in [0.25, 0.3) is 0 Å². The molecule has 0 radical (unpaired) electrons. The van der Waals surface area contributed by atoms with Crippen LogP contribution in [-0.4, -0.2) is 34.0 Å². The molecule has 1 rings (SSSR count). The van der Waals surface area contributed by atoms with Gasteiger partial charge in [-0.05, 0) is 12.1 Å². The number of carboxylic acid groups (broad SMARTS) is 1. The molecule has 0 fully saturated rings. The Balaban J connectivity index is 3.06. The van der Waals surface area contributed by atoms with E-state index in [2.05, 4.69) is 4.74 Å². The van der Waals surface area contributed by atoms with Gasteiger partial charge in [-0.1, -0.05) is 6.07 Å². The minimum Gasteiger partial charge on any atom is -0.481 e. The molecule has 1 aromatic rings. The molecule has 3 N–H and O–H groups in total. The summed E-state index contributed by atoms with van der Waals surface area (Å²) < 4.78 is 41.8. The first kappa shape index (κ1) is 15.3. The van der Waals surface area contributed by atoms with Gasteiger partial charge in [-0.15, -0.1) is 0 Å². The van der Waals surface area contributed by atoms with Crippen LogP contribution in [0.5, 0.6) is 5.75 Å². The van der Waals surface area contributed by atoms with Gasteiger partial charge in [-0.25, -0.2) is 4.39 Å². The van der Waals surface area contributed by atoms with Crippen LogP contribution in [0.4, 0.5) is 13.2 Å². The monoisotopic (exact) mass is 280 g/mol. The fraction of sp³-hybridized carbons (Fsp3) is 0.364. The molecular weight excluding hydrogens is 269 g/mol. The van der Waals surface area contributed by atoms with E-state index in [1.807, 2.05) is 0 Å². The van der Waals surface area contributed by atoms with Gasteiger partial charge in [0.2, 0.25) is 0 Å². The quantitative estimate of drug-likeness (QED) is 0.731. The summed E-state index contributed by atoms with van der Waals surface area (Å²) in [5.74, 6) is -3.18. The number of hydrogen-bond donors (Lipinski definition) is 3. The molecule has 0 aliphatic rings. The van der Waals surface area contributed by atoms with Crippen molar-refractivity contribution in [3.05, 3.63) is 29.6 Å². The van der Waals surface area contributed by atoms with E-state index < -0.39 is 48.3 Å². The van der Waals surface area contributed by atoms with Gasteiger partial charge in [0.15, 0.2) is 0 Å². The summed E-state index contributed by atoms with van der Waals surface area (Å²) in [5, 5.41) is 27.5. The number of aliphatic hydroxyl groups excluding tert-OH is 2. The summed E-state index contributed by atoms with van der Waals surface area (Å²) >= 11 is 0. The first-order chi connectivity index (χ1) is 8.82. The SMILES string of the molecule is O=C(O)CC(O)C(O)c1c(F)cccc1OC(F)F. The van der Waals surface area contributed by atoms with Gasteiger partial charge in [-0.2, -0.15) is 8.78 Å². The van der Waals surface area contributed by atoms with Crippen LogP contribution in [0.3, 0.4) is 0 Å². The average molecular weight is 280 g/mol. The zero-order chi connectivity index (χ0) is 14.6. The number of aliphatic hydroxyl groups is 2. The second-order valence-electron chi connectivity index (χ2n) is 3.64. The molecule has 2 unspecified atom stereocenters. The predicted molar refractivity (Wildman–Crippen MR) is 56.3 cm³/mol. The molecule has 5 nitrogen and oxygen atoms in total. The van der Waals surface area contributed by atoms with E-state index in [-0.39, 0.29) is 0 Å². The van der Waals surface area contributed by atoms with Crippen LogP contribution in [0.1, 0.15) is 18.1 Å². The van der Waals surface area contributed by atoms with Crippen molar-refractivity contribution in [3.8, 4) is 5.75 Å². The fourth-order valence-corrected chi connectivity index (χ4v) is 1.49. The molecule has 106 valence electrons. The fourth-order valence-electron chi connectivity index (χ4n) is 1.49. The van der Waals surface area contributed by atoms with Crippen LogP contribution in [0.2, 0.25) is 0 Å². The second kappa shape index (κ2) is 6.39. The zero-order valence-electron chi connectivity index (χ0n) is 9.46. The number of ether oxygens (including phenoxy) is 1. The Bertz CT molecular complexity index is 452. The Morgan fingerprint density at radius 3 is 2.47 bits per heavy atom. The topological polar surface area (TPSA) is 87.0 Å². The molecule has 2 atom stereocenters. The largest absolute Gasteiger partial charge is 0.481 e. The van der Waals surface area contributed by atoms with Crippen LogP contribution < -0.4 is 4.74 Å². The Hall–Kier alpha value is -1.80. The summed E-state index contributed by atoms with van der Waals surface area (Å²) in [6.07, 6.45) is -4.72. The Morgan fingerprint density at radius 2 is 1.95 bits per heavy atom. The molecule has 0 aliphatic carbocycles. The highest BCUT2D eigenvalue weighted by atomic mass is 19.3. The van der Waals surface area contributed by atoms with Gasteiger partial charge < -0.3 is 20.1 Å². The third kappa shape index (κ3) is 4.11. The summed E-state index contributed by atoms with van der Waals surface area (Å²) in [6, 6.07) is 2.92. The molecule has 0 bridgehead atoms. The normalized spacial score (nSPS) is 14.2. The number of rotatable bonds is 6. The maximum absolute atomic E-state index is 13.5. The number of halogens is 3. The van der Waals surface area contributed by atoms with E-state index in [1.165, 1.54) is 0 Å². The molecule has 0 heterocycles. The predicted octanol–water partition coefficient (Wildman–Crippen LogP) is 1.30. The number of alkyl halides is 2. The standard InChI is InChI=1S/C11H11F3O5/c12-5-2-1-3-7(19-11(13)14)9(5)10(18)6(15)4-8(16)17/h1-3,6,10-11,15,18H,4H2,(H,16,17). The molecule has 0 amide bonds. The van der Waals surface area contributed by atoms with Crippen LogP contribution in [-0.2, 0) is 4.79 Å². The maximum Gasteiger partial charge on any atom is 0.387 e. The number of aliphatic carboxylic acids is 1. The van der Waals surface area contributed by atoms with Gasteiger partial charge in [0.05, 0.1) is 18.1 Å². The number of carbonyl (C=O) groups is 1. The molecule has 1 aromatic carbocycles. The van der Waals surface area contributed by atoms with Crippen molar-refractivity contribution in [3.63, 3.8) is 0 Å². The third-order valence-corrected chi connectivity index (χ3v) is 2.27. The van der Waals surface area contributed by atoms with Crippen molar-refractivity contribution >= 4 is 5.97 Å². The van der Waals surface area contributed by atoms with Crippen molar-refractivity contribution in [2.45, 2.75) is 25.2 Å². The smallest absolute Gasteiger partial charge is 0.387 e. The number of carboxylic acids is 1. The Kier molecular flexibility index (Phi) is 5.13. The second-order valence-corrected chi connectivity index (χ2v) is 3.64. The molecule has 0 aromatic heterocycles. The van der Waals surface area contributed by atoms with Crippen LogP contribution in [0.15, 0.2) is 18.2 Å². The molecule has 0 saturated carbocycles. The third-order valence-electron chi connectivity index (χ3n) is 2.27. The lowest BCUT2D eigenvalue weighted by Gasteiger charge is -2.20. The highest BCUT2D eigenvalue weighted by molar-refractivity contribution is 5.67. The zero-order valence-corrected chi connectivity index (χ0v) is 9.46. The first-order valence-electron chi connectivity index (χ1n) is 5.14. The first-order valence-corrected chi connectivity index (χ1v) is 5.14. The van der Waals surface area contributed by atoms with Gasteiger partial charge >= 0.3 is 12.6 Å². The van der Waals surface area contributed by atoms with Crippen molar-refractivity contribution in [1.82, 2.24) is 0 Å². The lowest BCUT2D eigenvalue weighted by Crippen LogP contribution is -2.23. The lowest BCUT2D eigenvalue weighted by atomic mass is 10.0. The molecule has 0 saturated heterocycles. The molecule has 19 heavy (non-hydrogen) atoms. The van der Waals surface area contributed by atoms with Gasteiger partial charge in [-0.3, -0.25) is 4.79 Å². The van der Waals surface area contributed by atoms with Gasteiger partial charge in [0, 0.05) is 0 Å². The molecule has 0 aliphatic heterocycles. The summed E-state index contributed by atoms with van der Waals surface area (Å²) in [7, 11) is 0. The van der Waals surface area contributed by atoms with Gasteiger partial charge in [0.25, 0.3) is 0 Å². The number of benzene rings is 1. The minimum absolute atomic E-state index is 0.660. The maximum atomic E-state index is 13.5. The highest BCUT2D eigenvalue weighted by Crippen LogP contribution is 2.31. The average Bonchev–Trinajstić information content (AvgIpc) is 2.26. The molecule has 0 spiro atoms. The summed E-state index contributed by atoms with van der Waals surface area (Å²) in [4.78, 5) is 10.4. The summed E-state index contributed by atoms with van der Waals surface area (Å²) in [5.41, 5.74) is -0.712. The van der Waals surface area contributed by atoms with E-state index in [0.29, 0.717) is 0 Å². The van der Waals surface area contributed by atoms with Crippen molar-refractivity contribution in [1.29, 1.82) is 0 Å². The van der Waals surface area contributed by atoms with Crippen LogP contribution >= 0.6 is 0 Å². The minimum atomic E-state index is -3.25. The molecular formula is C11H11F3O5. The number of hydrogen-bond acceptors (Lipinski definition) is 4. The van der Waals surface area contributed by atoms with Crippen molar-refractivity contribution in [2.24, 2.45) is 0 Å². The lowest BCUT2D eigenvalue weighted by molar-refractivity contribution is -0.141. The van der Waals surface area contributed by atoms with E-state index in [4.69, 9.17) is 5.11 Å². The van der Waals surface area contributed by atoms with E-state index in [9.17, 15) is 28.2 Å². The van der Waals surface area contributed by atoms with Crippen molar-refractivity contribution in [2.75, 3.05) is 0 Å². The van der Waals surface area contributed by atoms with E-state index in [0.717, 1.165) is 18.2 Å².